The number of benzene rings is 2. The molecule has 0 aliphatic rings. The molecule has 0 radical (unpaired) electrons. The highest BCUT2D eigenvalue weighted by Gasteiger charge is 2.03. The Morgan fingerprint density at radius 1 is 1.00 bits per heavy atom. The summed E-state index contributed by atoms with van der Waals surface area (Å²) in [4.78, 5) is 11.9. The first-order chi connectivity index (χ1) is 12.7. The second-order valence-electron chi connectivity index (χ2n) is 5.69. The van der Waals surface area contributed by atoms with Crippen molar-refractivity contribution in [3.63, 3.8) is 0 Å². The third-order valence-electron chi connectivity index (χ3n) is 3.91. The van der Waals surface area contributed by atoms with Crippen molar-refractivity contribution in [1.82, 2.24) is 5.32 Å². The van der Waals surface area contributed by atoms with Crippen LogP contribution in [0.4, 0.5) is 0 Å². The molecule has 1 amide bonds. The normalized spacial score (nSPS) is 10.6. The second kappa shape index (κ2) is 10.1. The SMILES string of the molecule is COc1cccc(CCCNC(=O)/C=C/c2ccc(OC)c(OC)c2)c1. The van der Waals surface area contributed by atoms with Gasteiger partial charge in [-0.05, 0) is 54.3 Å². The standard InChI is InChI=1S/C21H25NO4/c1-24-18-8-4-6-16(14-18)7-5-13-22-21(23)12-10-17-9-11-19(25-2)20(15-17)26-3/h4,6,8-12,14-15H,5,7,13H2,1-3H3,(H,22,23)/b12-10+. The lowest BCUT2D eigenvalue weighted by Crippen LogP contribution is -2.22. The van der Waals surface area contributed by atoms with E-state index in [-0.39, 0.29) is 5.91 Å². The van der Waals surface area contributed by atoms with E-state index >= 15 is 0 Å². The minimum absolute atomic E-state index is 0.120. The van der Waals surface area contributed by atoms with Crippen LogP contribution in [0.3, 0.4) is 0 Å². The molecule has 0 bridgehead atoms. The monoisotopic (exact) mass is 355 g/mol. The molecule has 0 heterocycles. The summed E-state index contributed by atoms with van der Waals surface area (Å²) in [7, 11) is 4.83. The Hall–Kier alpha value is -2.95. The molecule has 5 heteroatoms. The first kappa shape index (κ1) is 19.4. The fraction of sp³-hybridized carbons (Fsp3) is 0.286. The number of hydrogen-bond acceptors (Lipinski definition) is 4. The Kier molecular flexibility index (Phi) is 7.55. The fourth-order valence-electron chi connectivity index (χ4n) is 2.52. The predicted molar refractivity (Wildman–Crippen MR) is 103 cm³/mol. The Morgan fingerprint density at radius 2 is 1.81 bits per heavy atom. The number of ether oxygens (including phenoxy) is 3. The number of methoxy groups -OCH3 is 3. The van der Waals surface area contributed by atoms with E-state index < -0.39 is 0 Å². The van der Waals surface area contributed by atoms with Crippen LogP contribution in [0.5, 0.6) is 17.2 Å². The predicted octanol–water partition coefficient (Wildman–Crippen LogP) is 3.47. The van der Waals surface area contributed by atoms with Crippen LogP contribution >= 0.6 is 0 Å². The number of carbonyl (C=O) groups is 1. The first-order valence-corrected chi connectivity index (χ1v) is 8.47. The van der Waals surface area contributed by atoms with Crippen LogP contribution in [0, 0.1) is 0 Å². The van der Waals surface area contributed by atoms with Crippen molar-refractivity contribution in [3.8, 4) is 17.2 Å². The van der Waals surface area contributed by atoms with Crippen LogP contribution in [-0.2, 0) is 11.2 Å². The van der Waals surface area contributed by atoms with Gasteiger partial charge in [0.2, 0.25) is 5.91 Å². The summed E-state index contributed by atoms with van der Waals surface area (Å²) in [6, 6.07) is 13.5. The van der Waals surface area contributed by atoms with Crippen molar-refractivity contribution in [1.29, 1.82) is 0 Å². The van der Waals surface area contributed by atoms with E-state index in [1.807, 2.05) is 36.4 Å². The van der Waals surface area contributed by atoms with E-state index in [9.17, 15) is 4.79 Å². The summed E-state index contributed by atoms with van der Waals surface area (Å²) in [5.74, 6) is 2.02. The largest absolute Gasteiger partial charge is 0.497 e. The molecule has 0 atom stereocenters. The van der Waals surface area contributed by atoms with Crippen molar-refractivity contribution in [2.24, 2.45) is 0 Å². The molecular formula is C21H25NO4. The van der Waals surface area contributed by atoms with Crippen molar-refractivity contribution in [3.05, 3.63) is 59.7 Å². The topological polar surface area (TPSA) is 56.8 Å². The van der Waals surface area contributed by atoms with Gasteiger partial charge in [-0.25, -0.2) is 0 Å². The van der Waals surface area contributed by atoms with Gasteiger partial charge in [-0.15, -0.1) is 0 Å². The van der Waals surface area contributed by atoms with Crippen molar-refractivity contribution in [2.45, 2.75) is 12.8 Å². The highest BCUT2D eigenvalue weighted by atomic mass is 16.5. The van der Waals surface area contributed by atoms with Crippen molar-refractivity contribution in [2.75, 3.05) is 27.9 Å². The third-order valence-corrected chi connectivity index (χ3v) is 3.91. The third kappa shape index (κ3) is 5.84. The molecule has 0 saturated heterocycles. The lowest BCUT2D eigenvalue weighted by Gasteiger charge is -2.07. The van der Waals surface area contributed by atoms with Crippen LogP contribution in [-0.4, -0.2) is 33.8 Å². The number of amides is 1. The summed E-state index contributed by atoms with van der Waals surface area (Å²) < 4.78 is 15.7. The number of carbonyl (C=O) groups excluding carboxylic acids is 1. The maximum Gasteiger partial charge on any atom is 0.243 e. The molecule has 2 rings (SSSR count). The van der Waals surface area contributed by atoms with E-state index in [0.717, 1.165) is 24.2 Å². The average Bonchev–Trinajstić information content (AvgIpc) is 2.69. The lowest BCUT2D eigenvalue weighted by molar-refractivity contribution is -0.116. The van der Waals surface area contributed by atoms with Gasteiger partial charge in [0.05, 0.1) is 21.3 Å². The summed E-state index contributed by atoms with van der Waals surface area (Å²) in [6.45, 7) is 0.617. The van der Waals surface area contributed by atoms with Gasteiger partial charge in [0.25, 0.3) is 0 Å². The van der Waals surface area contributed by atoms with E-state index in [0.29, 0.717) is 18.0 Å². The van der Waals surface area contributed by atoms with Gasteiger partial charge < -0.3 is 19.5 Å². The average molecular weight is 355 g/mol. The van der Waals surface area contributed by atoms with Crippen LogP contribution in [0.2, 0.25) is 0 Å². The van der Waals surface area contributed by atoms with Crippen LogP contribution in [0.15, 0.2) is 48.5 Å². The molecule has 1 N–H and O–H groups in total. The molecule has 138 valence electrons. The van der Waals surface area contributed by atoms with Gasteiger partial charge in [0, 0.05) is 12.6 Å². The minimum Gasteiger partial charge on any atom is -0.497 e. The molecule has 0 spiro atoms. The highest BCUT2D eigenvalue weighted by Crippen LogP contribution is 2.27. The minimum atomic E-state index is -0.120. The maximum absolute atomic E-state index is 11.9. The summed E-state index contributed by atoms with van der Waals surface area (Å²) >= 11 is 0. The first-order valence-electron chi connectivity index (χ1n) is 8.47. The van der Waals surface area contributed by atoms with Crippen molar-refractivity contribution < 1.29 is 19.0 Å². The molecule has 0 aromatic heterocycles. The van der Waals surface area contributed by atoms with Gasteiger partial charge in [-0.3, -0.25) is 4.79 Å². The van der Waals surface area contributed by atoms with E-state index in [2.05, 4.69) is 11.4 Å². The maximum atomic E-state index is 11.9. The van der Waals surface area contributed by atoms with E-state index in [4.69, 9.17) is 14.2 Å². The molecule has 0 fully saturated rings. The van der Waals surface area contributed by atoms with Gasteiger partial charge in [-0.1, -0.05) is 18.2 Å². The molecule has 2 aromatic carbocycles. The zero-order valence-electron chi connectivity index (χ0n) is 15.5. The van der Waals surface area contributed by atoms with Crippen molar-refractivity contribution >= 4 is 12.0 Å². The van der Waals surface area contributed by atoms with E-state index in [1.165, 1.54) is 11.6 Å². The molecule has 0 aliphatic carbocycles. The van der Waals surface area contributed by atoms with Gasteiger partial charge in [-0.2, -0.15) is 0 Å². The molecule has 0 aliphatic heterocycles. The molecule has 26 heavy (non-hydrogen) atoms. The highest BCUT2D eigenvalue weighted by molar-refractivity contribution is 5.91. The molecular weight excluding hydrogens is 330 g/mol. The van der Waals surface area contributed by atoms with Crippen LogP contribution < -0.4 is 19.5 Å². The Labute approximate surface area is 154 Å². The zero-order valence-corrected chi connectivity index (χ0v) is 15.5. The Morgan fingerprint density at radius 3 is 2.54 bits per heavy atom. The fourth-order valence-corrected chi connectivity index (χ4v) is 2.52. The lowest BCUT2D eigenvalue weighted by atomic mass is 10.1. The summed E-state index contributed by atoms with van der Waals surface area (Å²) in [5.41, 5.74) is 2.06. The summed E-state index contributed by atoms with van der Waals surface area (Å²) in [5, 5.41) is 2.89. The smallest absolute Gasteiger partial charge is 0.243 e. The number of nitrogens with one attached hydrogen (secondary N) is 1. The van der Waals surface area contributed by atoms with Gasteiger partial charge >= 0.3 is 0 Å². The van der Waals surface area contributed by atoms with Crippen LogP contribution in [0.25, 0.3) is 6.08 Å². The van der Waals surface area contributed by atoms with Gasteiger partial charge in [0.1, 0.15) is 5.75 Å². The second-order valence-corrected chi connectivity index (χ2v) is 5.69. The number of aryl methyl sites for hydroxylation is 1. The Bertz CT molecular complexity index is 755. The summed E-state index contributed by atoms with van der Waals surface area (Å²) in [6.07, 6.45) is 5.02. The quantitative estimate of drug-likeness (QED) is 0.553. The Balaban J connectivity index is 1.78. The molecule has 5 nitrogen and oxygen atoms in total. The zero-order chi connectivity index (χ0) is 18.8. The van der Waals surface area contributed by atoms with Crippen LogP contribution in [0.1, 0.15) is 17.5 Å². The number of rotatable bonds is 9. The number of hydrogen-bond donors (Lipinski definition) is 1. The molecule has 0 saturated carbocycles. The molecule has 0 unspecified atom stereocenters. The molecule has 2 aromatic rings. The van der Waals surface area contributed by atoms with E-state index in [1.54, 1.807) is 27.4 Å². The van der Waals surface area contributed by atoms with Gasteiger partial charge in [0.15, 0.2) is 11.5 Å².